The van der Waals surface area contributed by atoms with Crippen LogP contribution in [-0.4, -0.2) is 30.6 Å². The molecule has 0 radical (unpaired) electrons. The average molecular weight is 234 g/mol. The van der Waals surface area contributed by atoms with Gasteiger partial charge in [0.2, 0.25) is 0 Å². The number of aromatic carboxylic acids is 1. The van der Waals surface area contributed by atoms with Gasteiger partial charge in [-0.15, -0.1) is 0 Å². The number of nitrogens with zero attached hydrogens (tertiary/aromatic N) is 4. The van der Waals surface area contributed by atoms with Gasteiger partial charge in [-0.1, -0.05) is 0 Å². The molecule has 2 heterocycles. The summed E-state index contributed by atoms with van der Waals surface area (Å²) >= 11 is 0. The van der Waals surface area contributed by atoms with E-state index in [0.29, 0.717) is 5.69 Å². The van der Waals surface area contributed by atoms with E-state index in [4.69, 9.17) is 5.11 Å². The van der Waals surface area contributed by atoms with E-state index in [0.717, 1.165) is 5.69 Å². The van der Waals surface area contributed by atoms with Crippen molar-refractivity contribution in [1.29, 1.82) is 0 Å². The molecule has 2 aromatic rings. The van der Waals surface area contributed by atoms with E-state index in [1.807, 2.05) is 24.6 Å². The van der Waals surface area contributed by atoms with Gasteiger partial charge in [-0.2, -0.15) is 10.2 Å². The monoisotopic (exact) mass is 234 g/mol. The highest BCUT2D eigenvalue weighted by Gasteiger charge is 2.16. The van der Waals surface area contributed by atoms with E-state index in [2.05, 4.69) is 10.2 Å². The Morgan fingerprint density at radius 3 is 2.71 bits per heavy atom. The van der Waals surface area contributed by atoms with E-state index in [-0.39, 0.29) is 11.7 Å². The minimum atomic E-state index is -0.984. The highest BCUT2D eigenvalue weighted by molar-refractivity contribution is 5.87. The molecule has 2 aromatic heterocycles. The quantitative estimate of drug-likeness (QED) is 0.874. The molecule has 0 atom stereocenters. The molecular weight excluding hydrogens is 220 g/mol. The van der Waals surface area contributed by atoms with Crippen molar-refractivity contribution >= 4 is 5.97 Å². The van der Waals surface area contributed by atoms with Crippen molar-refractivity contribution in [2.45, 2.75) is 19.9 Å². The van der Waals surface area contributed by atoms with Gasteiger partial charge in [-0.3, -0.25) is 9.36 Å². The fraction of sp³-hybridized carbons (Fsp3) is 0.364. The van der Waals surface area contributed by atoms with E-state index in [9.17, 15) is 4.79 Å². The summed E-state index contributed by atoms with van der Waals surface area (Å²) in [6.45, 7) is 4.02. The summed E-state index contributed by atoms with van der Waals surface area (Å²) in [5.74, 6) is -0.984. The summed E-state index contributed by atoms with van der Waals surface area (Å²) in [5, 5.41) is 17.4. The van der Waals surface area contributed by atoms with E-state index >= 15 is 0 Å². The second-order valence-corrected chi connectivity index (χ2v) is 4.10. The first-order valence-corrected chi connectivity index (χ1v) is 5.32. The predicted molar refractivity (Wildman–Crippen MR) is 61.8 cm³/mol. The zero-order valence-electron chi connectivity index (χ0n) is 9.95. The maximum absolute atomic E-state index is 10.9. The van der Waals surface area contributed by atoms with Crippen molar-refractivity contribution in [3.05, 3.63) is 24.0 Å². The molecule has 90 valence electrons. The third kappa shape index (κ3) is 1.93. The van der Waals surface area contributed by atoms with Crippen LogP contribution in [0.4, 0.5) is 0 Å². The first kappa shape index (κ1) is 11.4. The smallest absolute Gasteiger partial charge is 0.354 e. The van der Waals surface area contributed by atoms with Crippen LogP contribution in [0.1, 0.15) is 30.4 Å². The number of carbonyl (C=O) groups is 1. The van der Waals surface area contributed by atoms with Crippen LogP contribution in [0.5, 0.6) is 0 Å². The highest BCUT2D eigenvalue weighted by Crippen LogP contribution is 2.21. The summed E-state index contributed by atoms with van der Waals surface area (Å²) in [7, 11) is 1.61. The lowest BCUT2D eigenvalue weighted by Crippen LogP contribution is -2.05. The van der Waals surface area contributed by atoms with E-state index in [1.54, 1.807) is 19.3 Å². The van der Waals surface area contributed by atoms with E-state index < -0.39 is 5.97 Å². The summed E-state index contributed by atoms with van der Waals surface area (Å²) in [6.07, 6.45) is 1.68. The van der Waals surface area contributed by atoms with Gasteiger partial charge in [0.1, 0.15) is 11.4 Å². The fourth-order valence-corrected chi connectivity index (χ4v) is 1.72. The Balaban J connectivity index is 2.50. The van der Waals surface area contributed by atoms with Gasteiger partial charge in [-0.05, 0) is 19.9 Å². The van der Waals surface area contributed by atoms with Gasteiger partial charge in [0, 0.05) is 25.4 Å². The molecule has 0 fully saturated rings. The normalized spacial score (nSPS) is 11.1. The van der Waals surface area contributed by atoms with Crippen LogP contribution in [0.2, 0.25) is 0 Å². The zero-order valence-corrected chi connectivity index (χ0v) is 9.95. The highest BCUT2D eigenvalue weighted by atomic mass is 16.4. The van der Waals surface area contributed by atoms with Crippen LogP contribution in [0.3, 0.4) is 0 Å². The number of hydrogen-bond acceptors (Lipinski definition) is 3. The number of rotatable bonds is 3. The summed E-state index contributed by atoms with van der Waals surface area (Å²) < 4.78 is 3.17. The fourth-order valence-electron chi connectivity index (χ4n) is 1.72. The van der Waals surface area contributed by atoms with Crippen LogP contribution in [-0.2, 0) is 7.05 Å². The molecule has 6 nitrogen and oxygen atoms in total. The second kappa shape index (κ2) is 4.04. The van der Waals surface area contributed by atoms with Gasteiger partial charge in [0.05, 0.1) is 5.69 Å². The Kier molecular flexibility index (Phi) is 2.71. The standard InChI is InChI=1S/C11H14N4O2/c1-7(2)15-9(4-5-12-15)8-6-10(11(16)17)14(3)13-8/h4-7H,1-3H3,(H,16,17). The van der Waals surface area contributed by atoms with Crippen molar-refractivity contribution in [3.63, 3.8) is 0 Å². The molecule has 6 heteroatoms. The van der Waals surface area contributed by atoms with Crippen molar-refractivity contribution in [2.75, 3.05) is 0 Å². The van der Waals surface area contributed by atoms with Gasteiger partial charge in [0.25, 0.3) is 0 Å². The predicted octanol–water partition coefficient (Wildman–Crippen LogP) is 1.56. The molecule has 0 spiro atoms. The van der Waals surface area contributed by atoms with Crippen molar-refractivity contribution in [2.24, 2.45) is 7.05 Å². The summed E-state index contributed by atoms with van der Waals surface area (Å²) in [4.78, 5) is 10.9. The lowest BCUT2D eigenvalue weighted by atomic mass is 10.2. The van der Waals surface area contributed by atoms with Crippen molar-refractivity contribution < 1.29 is 9.90 Å². The Morgan fingerprint density at radius 2 is 2.18 bits per heavy atom. The molecule has 0 aliphatic carbocycles. The van der Waals surface area contributed by atoms with Gasteiger partial charge < -0.3 is 5.11 Å². The summed E-state index contributed by atoms with van der Waals surface area (Å²) in [6, 6.07) is 3.59. The molecule has 17 heavy (non-hydrogen) atoms. The molecular formula is C11H14N4O2. The van der Waals surface area contributed by atoms with Crippen molar-refractivity contribution in [1.82, 2.24) is 19.6 Å². The zero-order chi connectivity index (χ0) is 12.6. The number of hydrogen-bond donors (Lipinski definition) is 1. The number of aromatic nitrogens is 4. The molecule has 1 N–H and O–H groups in total. The Morgan fingerprint density at radius 1 is 1.47 bits per heavy atom. The number of carboxylic acids is 1. The SMILES string of the molecule is CC(C)n1nccc1-c1cc(C(=O)O)n(C)n1. The van der Waals surface area contributed by atoms with Crippen molar-refractivity contribution in [3.8, 4) is 11.4 Å². The molecule has 0 bridgehead atoms. The molecule has 0 aliphatic heterocycles. The maximum atomic E-state index is 10.9. The van der Waals surface area contributed by atoms with Gasteiger partial charge >= 0.3 is 5.97 Å². The Bertz CT molecular complexity index is 554. The minimum Gasteiger partial charge on any atom is -0.477 e. The Hall–Kier alpha value is -2.11. The van der Waals surface area contributed by atoms with Crippen LogP contribution in [0.15, 0.2) is 18.3 Å². The molecule has 0 unspecified atom stereocenters. The van der Waals surface area contributed by atoms with Crippen LogP contribution < -0.4 is 0 Å². The third-order valence-corrected chi connectivity index (χ3v) is 2.52. The number of carboxylic acid groups (broad SMARTS) is 1. The largest absolute Gasteiger partial charge is 0.477 e. The van der Waals surface area contributed by atoms with Gasteiger partial charge in [0.15, 0.2) is 0 Å². The summed E-state index contributed by atoms with van der Waals surface area (Å²) in [5.41, 5.74) is 1.61. The first-order valence-electron chi connectivity index (χ1n) is 5.32. The molecule has 2 rings (SSSR count). The van der Waals surface area contributed by atoms with Gasteiger partial charge in [-0.25, -0.2) is 4.79 Å². The first-order chi connectivity index (χ1) is 8.00. The van der Waals surface area contributed by atoms with Crippen LogP contribution in [0, 0.1) is 0 Å². The maximum Gasteiger partial charge on any atom is 0.354 e. The average Bonchev–Trinajstić information content (AvgIpc) is 2.82. The Labute approximate surface area is 98.5 Å². The number of aryl methyl sites for hydroxylation is 1. The molecule has 0 aliphatic rings. The minimum absolute atomic E-state index is 0.163. The third-order valence-electron chi connectivity index (χ3n) is 2.52. The molecule has 0 saturated carbocycles. The topological polar surface area (TPSA) is 72.9 Å². The van der Waals surface area contributed by atoms with Crippen LogP contribution >= 0.6 is 0 Å². The molecule has 0 aromatic carbocycles. The second-order valence-electron chi connectivity index (χ2n) is 4.10. The molecule has 0 amide bonds. The van der Waals surface area contributed by atoms with E-state index in [1.165, 1.54) is 4.68 Å². The molecule has 0 saturated heterocycles. The lowest BCUT2D eigenvalue weighted by Gasteiger charge is -2.08. The lowest BCUT2D eigenvalue weighted by molar-refractivity contribution is 0.0685. The van der Waals surface area contributed by atoms with Crippen LogP contribution in [0.25, 0.3) is 11.4 Å².